The van der Waals surface area contributed by atoms with E-state index in [0.717, 1.165) is 17.5 Å². The number of carbonyl (C=O) groups excluding carboxylic acids is 1. The van der Waals surface area contributed by atoms with Gasteiger partial charge in [0.15, 0.2) is 0 Å². The van der Waals surface area contributed by atoms with Crippen molar-refractivity contribution >= 4 is 28.5 Å². The second-order valence-corrected chi connectivity index (χ2v) is 5.55. The molecule has 0 radical (unpaired) electrons. The summed E-state index contributed by atoms with van der Waals surface area (Å²) in [6, 6.07) is 1.69. The number of H-pyrrole nitrogens is 2. The van der Waals surface area contributed by atoms with Crippen molar-refractivity contribution in [3.8, 4) is 5.88 Å². The van der Waals surface area contributed by atoms with Crippen LogP contribution in [0.4, 0.5) is 5.00 Å². The van der Waals surface area contributed by atoms with Crippen LogP contribution in [0, 0.1) is 0 Å². The molecule has 0 saturated heterocycles. The summed E-state index contributed by atoms with van der Waals surface area (Å²) in [5, 5.41) is 9.98. The van der Waals surface area contributed by atoms with E-state index in [1.165, 1.54) is 11.3 Å². The third-order valence-electron chi connectivity index (χ3n) is 2.88. The molecule has 0 aliphatic heterocycles. The van der Waals surface area contributed by atoms with Crippen LogP contribution < -0.4 is 11.2 Å². The van der Waals surface area contributed by atoms with Crippen LogP contribution >= 0.6 is 11.3 Å². The molecule has 23 heavy (non-hydrogen) atoms. The summed E-state index contributed by atoms with van der Waals surface area (Å²) in [7, 11) is 0. The molecule has 0 fully saturated rings. The number of nitrogens with one attached hydrogen (secondary N) is 2. The minimum absolute atomic E-state index is 0.203. The molecule has 0 aromatic carbocycles. The first-order chi connectivity index (χ1) is 11.0. The molecule has 0 unspecified atom stereocenters. The van der Waals surface area contributed by atoms with E-state index in [1.54, 1.807) is 13.0 Å². The SMILES string of the molecule is CCOC(=O)c1cc(CC)sc1N=Cc1c(O)[nH]c(=O)[nH]c1=O. The standard InChI is InChI=1S/C14H15N3O5S/c1-3-7-5-8(13(20)22-4-2)12(23-7)15-6-9-10(18)16-14(21)17-11(9)19/h5-6H,3-4H2,1-2H3,(H3,16,17,18,19,21). The summed E-state index contributed by atoms with van der Waals surface area (Å²) < 4.78 is 4.97. The highest BCUT2D eigenvalue weighted by atomic mass is 32.1. The topological polar surface area (TPSA) is 125 Å². The van der Waals surface area contributed by atoms with Gasteiger partial charge in [0.05, 0.1) is 12.2 Å². The van der Waals surface area contributed by atoms with Crippen molar-refractivity contribution in [1.82, 2.24) is 9.97 Å². The maximum Gasteiger partial charge on any atom is 0.341 e. The average molecular weight is 337 g/mol. The zero-order chi connectivity index (χ0) is 17.0. The minimum Gasteiger partial charge on any atom is -0.494 e. The summed E-state index contributed by atoms with van der Waals surface area (Å²) in [5.74, 6) is -1.09. The number of thiophene rings is 1. The number of rotatable bonds is 5. The molecule has 2 heterocycles. The predicted molar refractivity (Wildman–Crippen MR) is 86.3 cm³/mol. The number of esters is 1. The van der Waals surface area contributed by atoms with Crippen molar-refractivity contribution in [2.75, 3.05) is 6.61 Å². The Morgan fingerprint density at radius 2 is 2.13 bits per heavy atom. The molecule has 122 valence electrons. The van der Waals surface area contributed by atoms with Crippen LogP contribution in [0.15, 0.2) is 20.6 Å². The van der Waals surface area contributed by atoms with E-state index >= 15 is 0 Å². The van der Waals surface area contributed by atoms with E-state index in [0.29, 0.717) is 10.6 Å². The maximum atomic E-state index is 11.9. The summed E-state index contributed by atoms with van der Waals surface area (Å²) in [4.78, 5) is 43.7. The largest absolute Gasteiger partial charge is 0.494 e. The van der Waals surface area contributed by atoms with Gasteiger partial charge in [0.2, 0.25) is 5.88 Å². The zero-order valence-corrected chi connectivity index (χ0v) is 13.3. The van der Waals surface area contributed by atoms with Crippen molar-refractivity contribution in [1.29, 1.82) is 0 Å². The van der Waals surface area contributed by atoms with Gasteiger partial charge in [-0.15, -0.1) is 11.3 Å². The van der Waals surface area contributed by atoms with Crippen molar-refractivity contribution in [2.45, 2.75) is 20.3 Å². The number of carbonyl (C=O) groups is 1. The second-order valence-electron chi connectivity index (χ2n) is 4.43. The van der Waals surface area contributed by atoms with Crippen LogP contribution in [-0.4, -0.2) is 33.9 Å². The molecule has 0 bridgehead atoms. The Labute approximate surface area is 134 Å². The van der Waals surface area contributed by atoms with Crippen LogP contribution in [0.25, 0.3) is 0 Å². The van der Waals surface area contributed by atoms with Crippen molar-refractivity contribution < 1.29 is 14.6 Å². The Hall–Kier alpha value is -2.68. The number of aryl methyl sites for hydroxylation is 1. The molecule has 0 aliphatic carbocycles. The monoisotopic (exact) mass is 337 g/mol. The fraction of sp³-hybridized carbons (Fsp3) is 0.286. The number of aromatic nitrogens is 2. The first-order valence-electron chi connectivity index (χ1n) is 6.85. The lowest BCUT2D eigenvalue weighted by Gasteiger charge is -2.00. The van der Waals surface area contributed by atoms with Gasteiger partial charge < -0.3 is 9.84 Å². The van der Waals surface area contributed by atoms with Crippen LogP contribution in [0.2, 0.25) is 0 Å². The van der Waals surface area contributed by atoms with Crippen molar-refractivity contribution in [3.05, 3.63) is 42.9 Å². The van der Waals surface area contributed by atoms with Gasteiger partial charge in [-0.05, 0) is 19.4 Å². The van der Waals surface area contributed by atoms with Crippen molar-refractivity contribution in [3.63, 3.8) is 0 Å². The Morgan fingerprint density at radius 3 is 2.74 bits per heavy atom. The van der Waals surface area contributed by atoms with Gasteiger partial charge in [-0.1, -0.05) is 6.92 Å². The van der Waals surface area contributed by atoms with Gasteiger partial charge in [-0.25, -0.2) is 14.6 Å². The highest BCUT2D eigenvalue weighted by Crippen LogP contribution is 2.32. The van der Waals surface area contributed by atoms with Crippen LogP contribution in [0.5, 0.6) is 5.88 Å². The van der Waals surface area contributed by atoms with Gasteiger partial charge in [0.25, 0.3) is 5.56 Å². The van der Waals surface area contributed by atoms with Gasteiger partial charge in [0, 0.05) is 11.1 Å². The zero-order valence-electron chi connectivity index (χ0n) is 12.5. The van der Waals surface area contributed by atoms with E-state index in [9.17, 15) is 19.5 Å². The van der Waals surface area contributed by atoms with Gasteiger partial charge in [-0.2, -0.15) is 0 Å². The lowest BCUT2D eigenvalue weighted by atomic mass is 10.2. The molecule has 2 aromatic rings. The van der Waals surface area contributed by atoms with Crippen molar-refractivity contribution in [2.24, 2.45) is 4.99 Å². The summed E-state index contributed by atoms with van der Waals surface area (Å²) >= 11 is 1.28. The van der Waals surface area contributed by atoms with Crippen LogP contribution in [0.3, 0.4) is 0 Å². The number of aliphatic imine (C=N–C) groups is 1. The Kier molecular flexibility index (Phi) is 5.12. The Morgan fingerprint density at radius 1 is 1.39 bits per heavy atom. The van der Waals surface area contributed by atoms with Gasteiger partial charge >= 0.3 is 11.7 Å². The van der Waals surface area contributed by atoms with Gasteiger partial charge in [-0.3, -0.25) is 14.8 Å². The summed E-state index contributed by atoms with van der Waals surface area (Å²) in [5.41, 5.74) is -1.50. The number of aromatic amines is 2. The lowest BCUT2D eigenvalue weighted by molar-refractivity contribution is 0.0528. The van der Waals surface area contributed by atoms with Gasteiger partial charge in [0.1, 0.15) is 10.6 Å². The molecule has 0 aliphatic rings. The molecule has 2 aromatic heterocycles. The smallest absolute Gasteiger partial charge is 0.341 e. The molecular weight excluding hydrogens is 322 g/mol. The summed E-state index contributed by atoms with van der Waals surface area (Å²) in [6.45, 7) is 3.87. The molecule has 3 N–H and O–H groups in total. The van der Waals surface area contributed by atoms with Crippen LogP contribution in [-0.2, 0) is 11.2 Å². The normalized spacial score (nSPS) is 11.0. The highest BCUT2D eigenvalue weighted by Gasteiger charge is 2.16. The number of hydrogen-bond donors (Lipinski definition) is 3. The predicted octanol–water partition coefficient (Wildman–Crippen LogP) is 1.32. The third-order valence-corrected chi connectivity index (χ3v) is 4.06. The fourth-order valence-electron chi connectivity index (χ4n) is 1.78. The first-order valence-corrected chi connectivity index (χ1v) is 7.67. The first kappa shape index (κ1) is 16.7. The molecular formula is C14H15N3O5S. The Balaban J connectivity index is 2.44. The molecule has 8 nitrogen and oxygen atoms in total. The number of nitrogens with zero attached hydrogens (tertiary/aromatic N) is 1. The molecule has 9 heteroatoms. The van der Waals surface area contributed by atoms with E-state index < -0.39 is 23.1 Å². The number of ether oxygens (including phenoxy) is 1. The Bertz CT molecular complexity index is 862. The summed E-state index contributed by atoms with van der Waals surface area (Å²) in [6.07, 6.45) is 1.81. The molecule has 0 saturated carbocycles. The second kappa shape index (κ2) is 7.05. The minimum atomic E-state index is -0.818. The fourth-order valence-corrected chi connectivity index (χ4v) is 2.71. The maximum absolute atomic E-state index is 11.9. The lowest BCUT2D eigenvalue weighted by Crippen LogP contribution is -2.24. The molecule has 0 amide bonds. The number of hydrogen-bond acceptors (Lipinski definition) is 7. The quantitative estimate of drug-likeness (QED) is 0.560. The number of aromatic hydroxyl groups is 1. The molecule has 0 spiro atoms. The third kappa shape index (κ3) is 3.75. The molecule has 0 atom stereocenters. The van der Waals surface area contributed by atoms with E-state index in [2.05, 4.69) is 9.98 Å². The van der Waals surface area contributed by atoms with E-state index in [1.807, 2.05) is 11.9 Å². The van der Waals surface area contributed by atoms with E-state index in [4.69, 9.17) is 4.74 Å². The van der Waals surface area contributed by atoms with E-state index in [-0.39, 0.29) is 12.2 Å². The van der Waals surface area contributed by atoms with Crippen LogP contribution in [0.1, 0.15) is 34.6 Å². The molecule has 2 rings (SSSR count). The average Bonchev–Trinajstić information content (AvgIpc) is 2.90. The highest BCUT2D eigenvalue weighted by molar-refractivity contribution is 7.16.